The zero-order valence-corrected chi connectivity index (χ0v) is 12.2. The second kappa shape index (κ2) is 5.29. The third kappa shape index (κ3) is 2.32. The number of fused-ring (bicyclic) bond motifs is 1. The van der Waals surface area contributed by atoms with Gasteiger partial charge in [0.2, 0.25) is 0 Å². The topological polar surface area (TPSA) is 20.3 Å². The second-order valence-electron chi connectivity index (χ2n) is 5.17. The number of halogens is 1. The van der Waals surface area contributed by atoms with Gasteiger partial charge < -0.3 is 4.90 Å². The first-order chi connectivity index (χ1) is 9.66. The molecule has 0 aliphatic carbocycles. The first kappa shape index (κ1) is 13.2. The summed E-state index contributed by atoms with van der Waals surface area (Å²) in [6.07, 6.45) is 2.02. The molecular weight excluding hydrogens is 270 g/mol. The highest BCUT2D eigenvalue weighted by molar-refractivity contribution is 6.34. The van der Waals surface area contributed by atoms with E-state index in [2.05, 4.69) is 19.1 Å². The van der Waals surface area contributed by atoms with Gasteiger partial charge in [0.05, 0.1) is 10.6 Å². The molecule has 2 aromatic rings. The smallest absolute Gasteiger partial charge is 0.259 e. The zero-order valence-electron chi connectivity index (χ0n) is 11.4. The van der Waals surface area contributed by atoms with Gasteiger partial charge in [-0.05, 0) is 43.5 Å². The van der Waals surface area contributed by atoms with Crippen LogP contribution in [0.25, 0.3) is 0 Å². The average Bonchev–Trinajstić information content (AvgIpc) is 2.46. The van der Waals surface area contributed by atoms with Gasteiger partial charge in [-0.1, -0.05) is 41.4 Å². The van der Waals surface area contributed by atoms with Crippen LogP contribution in [0.3, 0.4) is 0 Å². The maximum Gasteiger partial charge on any atom is 0.259 e. The fourth-order valence-corrected chi connectivity index (χ4v) is 2.93. The quantitative estimate of drug-likeness (QED) is 0.767. The molecule has 1 aliphatic rings. The molecule has 1 amide bonds. The monoisotopic (exact) mass is 285 g/mol. The number of nitrogens with zero attached hydrogens (tertiary/aromatic N) is 1. The van der Waals surface area contributed by atoms with Crippen LogP contribution in [0.5, 0.6) is 0 Å². The lowest BCUT2D eigenvalue weighted by Gasteiger charge is -2.30. The summed E-state index contributed by atoms with van der Waals surface area (Å²) in [4.78, 5) is 14.6. The number of hydrogen-bond acceptors (Lipinski definition) is 1. The molecule has 0 aromatic heterocycles. The molecule has 0 fully saturated rings. The molecule has 0 radical (unpaired) electrons. The average molecular weight is 286 g/mol. The molecule has 3 heteroatoms. The highest BCUT2D eigenvalue weighted by Gasteiger charge is 2.24. The Hall–Kier alpha value is -1.80. The van der Waals surface area contributed by atoms with Crippen LogP contribution in [0.2, 0.25) is 5.02 Å². The molecule has 1 aliphatic heterocycles. The van der Waals surface area contributed by atoms with E-state index >= 15 is 0 Å². The van der Waals surface area contributed by atoms with Crippen molar-refractivity contribution in [2.24, 2.45) is 0 Å². The Morgan fingerprint density at radius 3 is 2.80 bits per heavy atom. The molecule has 0 bridgehead atoms. The van der Waals surface area contributed by atoms with E-state index in [1.54, 1.807) is 12.1 Å². The fourth-order valence-electron chi connectivity index (χ4n) is 2.72. The Morgan fingerprint density at radius 2 is 2.00 bits per heavy atom. The Morgan fingerprint density at radius 1 is 1.20 bits per heavy atom. The lowest BCUT2D eigenvalue weighted by atomic mass is 9.99. The van der Waals surface area contributed by atoms with Crippen LogP contribution < -0.4 is 4.90 Å². The van der Waals surface area contributed by atoms with E-state index in [0.717, 1.165) is 25.1 Å². The third-order valence-corrected chi connectivity index (χ3v) is 4.03. The minimum Gasteiger partial charge on any atom is -0.308 e. The van der Waals surface area contributed by atoms with Crippen molar-refractivity contribution in [1.29, 1.82) is 0 Å². The van der Waals surface area contributed by atoms with Crippen LogP contribution in [0, 0.1) is 6.92 Å². The number of carbonyl (C=O) groups excluding carboxylic acids is 1. The summed E-state index contributed by atoms with van der Waals surface area (Å²) in [7, 11) is 0. The highest BCUT2D eigenvalue weighted by Crippen LogP contribution is 2.30. The summed E-state index contributed by atoms with van der Waals surface area (Å²) in [5.41, 5.74) is 4.07. The summed E-state index contributed by atoms with van der Waals surface area (Å²) in [6, 6.07) is 13.5. The molecule has 2 aromatic carbocycles. The lowest BCUT2D eigenvalue weighted by Crippen LogP contribution is -2.35. The first-order valence-electron chi connectivity index (χ1n) is 6.83. The van der Waals surface area contributed by atoms with Crippen molar-refractivity contribution in [2.75, 3.05) is 11.4 Å². The van der Waals surface area contributed by atoms with Gasteiger partial charge in [-0.25, -0.2) is 0 Å². The second-order valence-corrected chi connectivity index (χ2v) is 5.58. The standard InChI is InChI=1S/C17H16ClNO/c1-12-8-9-16-13(11-12)5-4-10-19(16)17(20)14-6-2-3-7-15(14)18/h2-3,6-9,11H,4-5,10H2,1H3. The minimum absolute atomic E-state index is 0.0135. The molecule has 0 saturated carbocycles. The van der Waals surface area contributed by atoms with Crippen molar-refractivity contribution in [1.82, 2.24) is 0 Å². The van der Waals surface area contributed by atoms with Crippen molar-refractivity contribution in [2.45, 2.75) is 19.8 Å². The van der Waals surface area contributed by atoms with E-state index in [-0.39, 0.29) is 5.91 Å². The summed E-state index contributed by atoms with van der Waals surface area (Å²) in [5, 5.41) is 0.511. The van der Waals surface area contributed by atoms with E-state index in [1.165, 1.54) is 11.1 Å². The normalized spacial score (nSPS) is 14.0. The van der Waals surface area contributed by atoms with Crippen LogP contribution in [0.4, 0.5) is 5.69 Å². The van der Waals surface area contributed by atoms with Gasteiger partial charge in [0.25, 0.3) is 5.91 Å². The summed E-state index contributed by atoms with van der Waals surface area (Å²) in [6.45, 7) is 2.83. The van der Waals surface area contributed by atoms with Crippen molar-refractivity contribution in [3.63, 3.8) is 0 Å². The number of amides is 1. The van der Waals surface area contributed by atoms with Gasteiger partial charge in [0.15, 0.2) is 0 Å². The molecule has 20 heavy (non-hydrogen) atoms. The number of aryl methyl sites for hydroxylation is 2. The summed E-state index contributed by atoms with van der Waals surface area (Å²) < 4.78 is 0. The molecule has 2 nitrogen and oxygen atoms in total. The van der Waals surface area contributed by atoms with Crippen LogP contribution >= 0.6 is 11.6 Å². The maximum atomic E-state index is 12.7. The predicted molar refractivity (Wildman–Crippen MR) is 82.6 cm³/mol. The molecule has 0 atom stereocenters. The van der Waals surface area contributed by atoms with Crippen LogP contribution in [0.15, 0.2) is 42.5 Å². The molecule has 102 valence electrons. The summed E-state index contributed by atoms with van der Waals surface area (Å²) >= 11 is 6.14. The van der Waals surface area contributed by atoms with Crippen LogP contribution in [-0.4, -0.2) is 12.5 Å². The van der Waals surface area contributed by atoms with E-state index in [1.807, 2.05) is 23.1 Å². The van der Waals surface area contributed by atoms with Crippen molar-refractivity contribution < 1.29 is 4.79 Å². The molecule has 1 heterocycles. The van der Waals surface area contributed by atoms with Crippen molar-refractivity contribution in [3.05, 3.63) is 64.2 Å². The largest absolute Gasteiger partial charge is 0.308 e. The number of benzene rings is 2. The van der Waals surface area contributed by atoms with Gasteiger partial charge >= 0.3 is 0 Å². The van der Waals surface area contributed by atoms with Crippen LogP contribution in [-0.2, 0) is 6.42 Å². The van der Waals surface area contributed by atoms with Crippen molar-refractivity contribution >= 4 is 23.2 Å². The molecule has 0 spiro atoms. The van der Waals surface area contributed by atoms with E-state index < -0.39 is 0 Å². The predicted octanol–water partition coefficient (Wildman–Crippen LogP) is 4.24. The fraction of sp³-hybridized carbons (Fsp3) is 0.235. The molecule has 0 N–H and O–H groups in total. The maximum absolute atomic E-state index is 12.7. The van der Waals surface area contributed by atoms with Gasteiger partial charge in [-0.3, -0.25) is 4.79 Å². The first-order valence-corrected chi connectivity index (χ1v) is 7.20. The minimum atomic E-state index is -0.0135. The molecular formula is C17H16ClNO. The Kier molecular flexibility index (Phi) is 3.49. The Bertz CT molecular complexity index is 666. The summed E-state index contributed by atoms with van der Waals surface area (Å²) in [5.74, 6) is -0.0135. The number of carbonyl (C=O) groups is 1. The van der Waals surface area contributed by atoms with E-state index in [9.17, 15) is 4.79 Å². The van der Waals surface area contributed by atoms with Gasteiger partial charge in [-0.15, -0.1) is 0 Å². The molecule has 3 rings (SSSR count). The van der Waals surface area contributed by atoms with Crippen LogP contribution in [0.1, 0.15) is 27.9 Å². The van der Waals surface area contributed by atoms with Gasteiger partial charge in [-0.2, -0.15) is 0 Å². The number of anilines is 1. The Balaban J connectivity index is 2.01. The highest BCUT2D eigenvalue weighted by atomic mass is 35.5. The number of hydrogen-bond donors (Lipinski definition) is 0. The van der Waals surface area contributed by atoms with Gasteiger partial charge in [0, 0.05) is 12.2 Å². The molecule has 0 saturated heterocycles. The lowest BCUT2D eigenvalue weighted by molar-refractivity contribution is 0.0985. The number of rotatable bonds is 1. The van der Waals surface area contributed by atoms with E-state index in [0.29, 0.717) is 10.6 Å². The third-order valence-electron chi connectivity index (χ3n) is 3.70. The molecule has 0 unspecified atom stereocenters. The SMILES string of the molecule is Cc1ccc2c(c1)CCCN2C(=O)c1ccccc1Cl. The van der Waals surface area contributed by atoms with Crippen molar-refractivity contribution in [3.8, 4) is 0 Å². The zero-order chi connectivity index (χ0) is 14.1. The Labute approximate surface area is 124 Å². The van der Waals surface area contributed by atoms with Gasteiger partial charge in [0.1, 0.15) is 0 Å². The van der Waals surface area contributed by atoms with E-state index in [4.69, 9.17) is 11.6 Å².